The minimum absolute atomic E-state index is 0.0393. The number of carbonyl (C=O) groups is 5. The molecule has 0 spiro atoms. The van der Waals surface area contributed by atoms with E-state index in [0.717, 1.165) is 24.5 Å². The van der Waals surface area contributed by atoms with Crippen molar-refractivity contribution in [1.29, 1.82) is 0 Å². The van der Waals surface area contributed by atoms with Crippen molar-refractivity contribution in [1.82, 2.24) is 0 Å². The molecule has 0 unspecified atom stereocenters. The van der Waals surface area contributed by atoms with Crippen molar-refractivity contribution in [2.24, 2.45) is 17.3 Å². The van der Waals surface area contributed by atoms with Gasteiger partial charge in [0.25, 0.3) is 0 Å². The number of Topliss-reactive ketones (excluding diaryl/α,β-unsaturated/α-hetero) is 1. The summed E-state index contributed by atoms with van der Waals surface area (Å²) >= 11 is 0. The number of carbonyl (C=O) groups excluding carboxylic acids is 5. The summed E-state index contributed by atoms with van der Waals surface area (Å²) in [5, 5.41) is 0. The molecular weight excluding hydrogens is 492 g/mol. The molecule has 1 aliphatic carbocycles. The van der Waals surface area contributed by atoms with Crippen molar-refractivity contribution in [2.75, 3.05) is 19.8 Å². The number of ketones is 1. The van der Waals surface area contributed by atoms with Gasteiger partial charge in [-0.05, 0) is 50.3 Å². The average Bonchev–Trinajstić information content (AvgIpc) is 2.90. The van der Waals surface area contributed by atoms with Crippen LogP contribution >= 0.6 is 0 Å². The maximum atomic E-state index is 12.4. The molecule has 38 heavy (non-hydrogen) atoms. The van der Waals surface area contributed by atoms with Crippen LogP contribution in [0.1, 0.15) is 64.9 Å². The Morgan fingerprint density at radius 3 is 2.00 bits per heavy atom. The van der Waals surface area contributed by atoms with Gasteiger partial charge in [0.05, 0.1) is 38.6 Å². The van der Waals surface area contributed by atoms with E-state index in [9.17, 15) is 24.0 Å². The first kappa shape index (κ1) is 30.7. The summed E-state index contributed by atoms with van der Waals surface area (Å²) < 4.78 is 20.8. The van der Waals surface area contributed by atoms with Gasteiger partial charge in [0.15, 0.2) is 0 Å². The lowest BCUT2D eigenvalue weighted by atomic mass is 9.80. The first-order valence-electron chi connectivity index (χ1n) is 12.9. The van der Waals surface area contributed by atoms with Gasteiger partial charge >= 0.3 is 23.9 Å². The number of ether oxygens (including phenoxy) is 4. The normalized spacial score (nSPS) is 17.1. The maximum Gasteiger partial charge on any atom is 0.330 e. The number of hydrogen-bond acceptors (Lipinski definition) is 9. The van der Waals surface area contributed by atoms with E-state index in [1.165, 1.54) is 0 Å². The van der Waals surface area contributed by atoms with Crippen LogP contribution in [0.3, 0.4) is 0 Å². The van der Waals surface area contributed by atoms with Gasteiger partial charge in [-0.15, -0.1) is 0 Å². The van der Waals surface area contributed by atoms with Crippen molar-refractivity contribution in [3.8, 4) is 5.75 Å². The molecule has 1 saturated carbocycles. The van der Waals surface area contributed by atoms with Gasteiger partial charge < -0.3 is 18.9 Å². The van der Waals surface area contributed by atoms with Crippen molar-refractivity contribution in [3.63, 3.8) is 0 Å². The van der Waals surface area contributed by atoms with Gasteiger partial charge in [-0.2, -0.15) is 0 Å². The summed E-state index contributed by atoms with van der Waals surface area (Å²) in [6.45, 7) is 8.74. The predicted molar refractivity (Wildman–Crippen MR) is 138 cm³/mol. The quantitative estimate of drug-likeness (QED) is 0.151. The summed E-state index contributed by atoms with van der Waals surface area (Å²) in [6.07, 6.45) is 4.08. The fourth-order valence-corrected chi connectivity index (χ4v) is 3.93. The molecule has 9 nitrogen and oxygen atoms in total. The summed E-state index contributed by atoms with van der Waals surface area (Å²) in [5.41, 5.74) is 0.330. The Bertz CT molecular complexity index is 986. The highest BCUT2D eigenvalue weighted by atomic mass is 16.6. The third-order valence-corrected chi connectivity index (χ3v) is 6.36. The summed E-state index contributed by atoms with van der Waals surface area (Å²) in [5.74, 6) is -1.37. The number of benzene rings is 1. The minimum Gasteiger partial charge on any atom is -0.465 e. The van der Waals surface area contributed by atoms with E-state index in [4.69, 9.17) is 18.9 Å². The Labute approximate surface area is 223 Å². The van der Waals surface area contributed by atoms with Crippen LogP contribution in [0.5, 0.6) is 5.75 Å². The van der Waals surface area contributed by atoms with Crippen LogP contribution in [0.2, 0.25) is 0 Å². The van der Waals surface area contributed by atoms with Gasteiger partial charge in [0.1, 0.15) is 11.5 Å². The lowest BCUT2D eigenvalue weighted by Crippen LogP contribution is -2.28. The third-order valence-electron chi connectivity index (χ3n) is 6.36. The van der Waals surface area contributed by atoms with Crippen LogP contribution in [0.4, 0.5) is 0 Å². The first-order chi connectivity index (χ1) is 18.0. The van der Waals surface area contributed by atoms with Gasteiger partial charge in [-0.3, -0.25) is 19.2 Å². The SMILES string of the molecule is C=CC(=O)OCC(C)(C)COC(=O)CCC(=O)OCCc1ccc(OC(=O)C2CCC(C(C)=O)CC2)cc1. The zero-order chi connectivity index (χ0) is 28.1. The van der Waals surface area contributed by atoms with E-state index in [2.05, 4.69) is 6.58 Å². The van der Waals surface area contributed by atoms with Crippen molar-refractivity contribution < 1.29 is 42.9 Å². The molecule has 0 radical (unpaired) electrons. The Morgan fingerprint density at radius 2 is 1.42 bits per heavy atom. The van der Waals surface area contributed by atoms with E-state index < -0.39 is 23.3 Å². The second-order valence-electron chi connectivity index (χ2n) is 10.3. The highest BCUT2D eigenvalue weighted by Crippen LogP contribution is 2.30. The van der Waals surface area contributed by atoms with Crippen LogP contribution in [-0.2, 0) is 44.6 Å². The fraction of sp³-hybridized carbons (Fsp3) is 0.552. The average molecular weight is 531 g/mol. The summed E-state index contributed by atoms with van der Waals surface area (Å²) in [7, 11) is 0. The molecule has 1 aliphatic rings. The van der Waals surface area contributed by atoms with Gasteiger partial charge in [0.2, 0.25) is 0 Å². The predicted octanol–water partition coefficient (Wildman–Crippen LogP) is 4.15. The Balaban J connectivity index is 1.62. The molecule has 0 heterocycles. The molecule has 0 atom stereocenters. The third kappa shape index (κ3) is 11.3. The molecule has 0 aromatic heterocycles. The van der Waals surface area contributed by atoms with Crippen LogP contribution in [0, 0.1) is 17.3 Å². The molecule has 0 saturated heterocycles. The Kier molecular flexibility index (Phi) is 12.2. The second kappa shape index (κ2) is 15.1. The van der Waals surface area contributed by atoms with Crippen molar-refractivity contribution >= 4 is 29.7 Å². The maximum absolute atomic E-state index is 12.4. The Morgan fingerprint density at radius 1 is 0.868 bits per heavy atom. The van der Waals surface area contributed by atoms with Crippen molar-refractivity contribution in [2.45, 2.75) is 65.7 Å². The molecule has 0 amide bonds. The van der Waals surface area contributed by atoms with Gasteiger partial charge in [-0.1, -0.05) is 32.6 Å². The summed E-state index contributed by atoms with van der Waals surface area (Å²) in [4.78, 5) is 59.0. The van der Waals surface area contributed by atoms with Crippen LogP contribution in [0.15, 0.2) is 36.9 Å². The second-order valence-corrected chi connectivity index (χ2v) is 10.3. The molecule has 0 N–H and O–H groups in total. The number of esters is 4. The largest absolute Gasteiger partial charge is 0.465 e. The fourth-order valence-electron chi connectivity index (χ4n) is 3.93. The van der Waals surface area contributed by atoms with E-state index in [-0.39, 0.29) is 56.3 Å². The molecule has 1 aromatic rings. The molecule has 2 rings (SSSR count). The smallest absolute Gasteiger partial charge is 0.330 e. The standard InChI is InChI=1S/C29H38O9/c1-5-25(31)36-18-29(3,4)19-37-27(33)15-14-26(32)35-17-16-21-6-12-24(13-7-21)38-28(34)23-10-8-22(9-11-23)20(2)30/h5-7,12-13,22-23H,1,8-11,14-19H2,2-4H3. The van der Waals surface area contributed by atoms with Crippen LogP contribution in [-0.4, -0.2) is 49.5 Å². The highest BCUT2D eigenvalue weighted by molar-refractivity contribution is 5.81. The molecule has 1 fully saturated rings. The van der Waals surface area contributed by atoms with E-state index in [1.807, 2.05) is 0 Å². The summed E-state index contributed by atoms with van der Waals surface area (Å²) in [6, 6.07) is 7.00. The number of rotatable bonds is 14. The molecule has 0 bridgehead atoms. The highest BCUT2D eigenvalue weighted by Gasteiger charge is 2.29. The lowest BCUT2D eigenvalue weighted by Gasteiger charge is -2.25. The zero-order valence-electron chi connectivity index (χ0n) is 22.5. The van der Waals surface area contributed by atoms with Crippen LogP contribution < -0.4 is 4.74 Å². The molecule has 1 aromatic carbocycles. The van der Waals surface area contributed by atoms with Gasteiger partial charge in [0, 0.05) is 23.8 Å². The van der Waals surface area contributed by atoms with Crippen LogP contribution in [0.25, 0.3) is 0 Å². The topological polar surface area (TPSA) is 122 Å². The van der Waals surface area contributed by atoms with E-state index in [0.29, 0.717) is 25.0 Å². The molecule has 0 aliphatic heterocycles. The molecular formula is C29H38O9. The Hall–Kier alpha value is -3.49. The first-order valence-corrected chi connectivity index (χ1v) is 12.9. The van der Waals surface area contributed by atoms with E-state index >= 15 is 0 Å². The van der Waals surface area contributed by atoms with E-state index in [1.54, 1.807) is 45.0 Å². The van der Waals surface area contributed by atoms with Gasteiger partial charge in [-0.25, -0.2) is 4.79 Å². The molecule has 9 heteroatoms. The monoisotopic (exact) mass is 530 g/mol. The number of hydrogen-bond donors (Lipinski definition) is 0. The minimum atomic E-state index is -0.571. The van der Waals surface area contributed by atoms with Crippen molar-refractivity contribution in [3.05, 3.63) is 42.5 Å². The lowest BCUT2D eigenvalue weighted by molar-refractivity contribution is -0.154. The zero-order valence-corrected chi connectivity index (χ0v) is 22.5. The molecule has 208 valence electrons.